The number of nitrogens with one attached hydrogen (secondary N) is 2. The predicted octanol–water partition coefficient (Wildman–Crippen LogP) is 2.07. The largest absolute Gasteiger partial charge is 0.380 e. The van der Waals surface area contributed by atoms with Crippen molar-refractivity contribution in [2.24, 2.45) is 4.99 Å². The number of methoxy groups -OCH3 is 1. The van der Waals surface area contributed by atoms with Gasteiger partial charge in [-0.1, -0.05) is 30.3 Å². The highest BCUT2D eigenvalue weighted by Crippen LogP contribution is 2.10. The third kappa shape index (κ3) is 5.57. The minimum atomic E-state index is 0.613. The maximum absolute atomic E-state index is 5.19. The van der Waals surface area contributed by atoms with Crippen molar-refractivity contribution in [2.75, 3.05) is 20.2 Å². The monoisotopic (exact) mass is 261 g/mol. The summed E-state index contributed by atoms with van der Waals surface area (Å²) in [5.74, 6) is 0.801. The van der Waals surface area contributed by atoms with Gasteiger partial charge in [0.1, 0.15) is 0 Å². The Hall–Kier alpha value is -1.81. The molecule has 4 heteroatoms. The van der Waals surface area contributed by atoms with Crippen LogP contribution in [0.2, 0.25) is 0 Å². The molecule has 1 aromatic rings. The lowest BCUT2D eigenvalue weighted by Crippen LogP contribution is -2.37. The van der Waals surface area contributed by atoms with Crippen molar-refractivity contribution in [3.8, 4) is 0 Å². The average molecular weight is 261 g/mol. The third-order valence-corrected chi connectivity index (χ3v) is 2.58. The first-order valence-corrected chi connectivity index (χ1v) is 6.50. The summed E-state index contributed by atoms with van der Waals surface area (Å²) in [5, 5.41) is 6.38. The fourth-order valence-electron chi connectivity index (χ4n) is 1.68. The first-order chi connectivity index (χ1) is 9.31. The number of hydrogen-bond donors (Lipinski definition) is 2. The molecule has 0 spiro atoms. The van der Waals surface area contributed by atoms with Crippen molar-refractivity contribution in [3.63, 3.8) is 0 Å². The number of aliphatic imine (C=N–C) groups is 1. The van der Waals surface area contributed by atoms with Gasteiger partial charge in [0.05, 0.1) is 13.2 Å². The van der Waals surface area contributed by atoms with Gasteiger partial charge in [-0.25, -0.2) is 4.99 Å². The number of ether oxygens (including phenoxy) is 1. The Morgan fingerprint density at radius 2 is 2.05 bits per heavy atom. The van der Waals surface area contributed by atoms with E-state index in [0.717, 1.165) is 12.5 Å². The first-order valence-electron chi connectivity index (χ1n) is 6.50. The van der Waals surface area contributed by atoms with Gasteiger partial charge in [-0.05, 0) is 18.1 Å². The van der Waals surface area contributed by atoms with Crippen LogP contribution in [0.3, 0.4) is 0 Å². The number of nitrogens with zero attached hydrogens (tertiary/aromatic N) is 1. The normalized spacial score (nSPS) is 11.2. The Labute approximate surface area is 115 Å². The van der Waals surface area contributed by atoms with Crippen LogP contribution in [-0.4, -0.2) is 26.2 Å². The molecule has 0 saturated carbocycles. The maximum Gasteiger partial charge on any atom is 0.191 e. The standard InChI is InChI=1S/C15H23N3O/c1-4-10-17-15(16-5-2)18-11-13-8-6-7-9-14(13)12-19-3/h4,6-9H,1,5,10-12H2,2-3H3,(H2,16,17,18). The summed E-state index contributed by atoms with van der Waals surface area (Å²) in [7, 11) is 1.70. The minimum absolute atomic E-state index is 0.613. The zero-order valence-electron chi connectivity index (χ0n) is 11.8. The van der Waals surface area contributed by atoms with E-state index in [0.29, 0.717) is 19.7 Å². The second kappa shape index (κ2) is 9.16. The molecule has 104 valence electrons. The lowest BCUT2D eigenvalue weighted by atomic mass is 10.1. The van der Waals surface area contributed by atoms with Crippen molar-refractivity contribution in [1.82, 2.24) is 10.6 Å². The molecule has 0 unspecified atom stereocenters. The highest BCUT2D eigenvalue weighted by Gasteiger charge is 2.01. The topological polar surface area (TPSA) is 45.7 Å². The third-order valence-electron chi connectivity index (χ3n) is 2.58. The molecule has 0 aliphatic heterocycles. The summed E-state index contributed by atoms with van der Waals surface area (Å²) in [6, 6.07) is 8.18. The van der Waals surface area contributed by atoms with E-state index in [2.05, 4.69) is 34.3 Å². The van der Waals surface area contributed by atoms with E-state index in [1.54, 1.807) is 7.11 Å². The quantitative estimate of drug-likeness (QED) is 0.449. The molecule has 4 nitrogen and oxygen atoms in total. The van der Waals surface area contributed by atoms with Gasteiger partial charge in [0, 0.05) is 20.2 Å². The molecule has 1 rings (SSSR count). The number of guanidine groups is 1. The molecular weight excluding hydrogens is 238 g/mol. The van der Waals surface area contributed by atoms with E-state index in [-0.39, 0.29) is 0 Å². The van der Waals surface area contributed by atoms with Crippen LogP contribution < -0.4 is 10.6 Å². The molecule has 0 aliphatic rings. The van der Waals surface area contributed by atoms with Gasteiger partial charge in [0.2, 0.25) is 0 Å². The van der Waals surface area contributed by atoms with Crippen LogP contribution in [0.25, 0.3) is 0 Å². The highest BCUT2D eigenvalue weighted by molar-refractivity contribution is 5.79. The van der Waals surface area contributed by atoms with E-state index in [4.69, 9.17) is 4.74 Å². The molecule has 0 amide bonds. The van der Waals surface area contributed by atoms with Crippen LogP contribution in [0, 0.1) is 0 Å². The van der Waals surface area contributed by atoms with Gasteiger partial charge in [0.15, 0.2) is 5.96 Å². The molecule has 0 atom stereocenters. The molecule has 0 heterocycles. The van der Waals surface area contributed by atoms with E-state index < -0.39 is 0 Å². The fourth-order valence-corrected chi connectivity index (χ4v) is 1.68. The Kier molecular flexibility index (Phi) is 7.35. The molecule has 0 saturated heterocycles. The molecular formula is C15H23N3O. The van der Waals surface area contributed by atoms with E-state index in [1.165, 1.54) is 11.1 Å². The van der Waals surface area contributed by atoms with Gasteiger partial charge < -0.3 is 15.4 Å². The predicted molar refractivity (Wildman–Crippen MR) is 80.2 cm³/mol. The molecule has 0 aromatic heterocycles. The van der Waals surface area contributed by atoms with E-state index in [9.17, 15) is 0 Å². The summed E-state index contributed by atoms with van der Waals surface area (Å²) in [6.45, 7) is 8.51. The van der Waals surface area contributed by atoms with Crippen molar-refractivity contribution in [2.45, 2.75) is 20.1 Å². The Bertz CT molecular complexity index is 416. The Morgan fingerprint density at radius 1 is 1.32 bits per heavy atom. The smallest absolute Gasteiger partial charge is 0.191 e. The molecule has 2 N–H and O–H groups in total. The fraction of sp³-hybridized carbons (Fsp3) is 0.400. The molecule has 0 bridgehead atoms. The van der Waals surface area contributed by atoms with Crippen LogP contribution in [0.4, 0.5) is 0 Å². The van der Waals surface area contributed by atoms with Gasteiger partial charge in [0.25, 0.3) is 0 Å². The summed E-state index contributed by atoms with van der Waals surface area (Å²) < 4.78 is 5.19. The van der Waals surface area contributed by atoms with Crippen molar-refractivity contribution in [1.29, 1.82) is 0 Å². The molecule has 1 aromatic carbocycles. The van der Waals surface area contributed by atoms with Gasteiger partial charge in [-0.3, -0.25) is 0 Å². The average Bonchev–Trinajstić information content (AvgIpc) is 2.43. The molecule has 19 heavy (non-hydrogen) atoms. The zero-order valence-corrected chi connectivity index (χ0v) is 11.8. The van der Waals surface area contributed by atoms with Crippen molar-refractivity contribution >= 4 is 5.96 Å². The zero-order chi connectivity index (χ0) is 13.9. The molecule has 0 fully saturated rings. The summed E-state index contributed by atoms with van der Waals surface area (Å²) in [6.07, 6.45) is 1.81. The van der Waals surface area contributed by atoms with Crippen LogP contribution in [0.5, 0.6) is 0 Å². The first kappa shape index (κ1) is 15.2. The highest BCUT2D eigenvalue weighted by atomic mass is 16.5. The van der Waals surface area contributed by atoms with Crippen LogP contribution >= 0.6 is 0 Å². The molecule has 0 aliphatic carbocycles. The summed E-state index contributed by atoms with van der Waals surface area (Å²) in [4.78, 5) is 4.56. The van der Waals surface area contributed by atoms with Gasteiger partial charge >= 0.3 is 0 Å². The second-order valence-electron chi connectivity index (χ2n) is 4.07. The Morgan fingerprint density at radius 3 is 2.68 bits per heavy atom. The van der Waals surface area contributed by atoms with Crippen LogP contribution in [0.1, 0.15) is 18.1 Å². The van der Waals surface area contributed by atoms with Gasteiger partial charge in [-0.2, -0.15) is 0 Å². The van der Waals surface area contributed by atoms with Gasteiger partial charge in [-0.15, -0.1) is 6.58 Å². The number of rotatable bonds is 7. The minimum Gasteiger partial charge on any atom is -0.380 e. The van der Waals surface area contributed by atoms with Crippen LogP contribution in [0.15, 0.2) is 41.9 Å². The number of benzene rings is 1. The van der Waals surface area contributed by atoms with Crippen molar-refractivity contribution in [3.05, 3.63) is 48.0 Å². The second-order valence-corrected chi connectivity index (χ2v) is 4.07. The molecule has 0 radical (unpaired) electrons. The lowest BCUT2D eigenvalue weighted by Gasteiger charge is -2.11. The summed E-state index contributed by atoms with van der Waals surface area (Å²) >= 11 is 0. The van der Waals surface area contributed by atoms with Crippen molar-refractivity contribution < 1.29 is 4.74 Å². The SMILES string of the molecule is C=CCNC(=NCc1ccccc1COC)NCC. The Balaban J connectivity index is 2.72. The van der Waals surface area contributed by atoms with E-state index in [1.807, 2.05) is 25.1 Å². The number of hydrogen-bond acceptors (Lipinski definition) is 2. The maximum atomic E-state index is 5.19. The lowest BCUT2D eigenvalue weighted by molar-refractivity contribution is 0.184. The van der Waals surface area contributed by atoms with Crippen LogP contribution in [-0.2, 0) is 17.9 Å². The van der Waals surface area contributed by atoms with E-state index >= 15 is 0 Å². The summed E-state index contributed by atoms with van der Waals surface area (Å²) in [5.41, 5.74) is 2.36.